The van der Waals surface area contributed by atoms with Crippen molar-refractivity contribution in [1.82, 2.24) is 4.98 Å². The molecule has 0 atom stereocenters. The van der Waals surface area contributed by atoms with Crippen LogP contribution in [0.25, 0.3) is 0 Å². The fraction of sp³-hybridized carbons (Fsp3) is 0.438. The highest BCUT2D eigenvalue weighted by Crippen LogP contribution is 2.29. The van der Waals surface area contributed by atoms with Crippen molar-refractivity contribution < 1.29 is 9.84 Å². The number of hydrogen-bond acceptors (Lipinski definition) is 5. The molecular weight excluding hydrogens is 284 g/mol. The third-order valence-corrected chi connectivity index (χ3v) is 5.03. The molecule has 0 aliphatic carbocycles. The lowest BCUT2D eigenvalue weighted by Crippen LogP contribution is -2.25. The molecule has 2 heterocycles. The van der Waals surface area contributed by atoms with Crippen molar-refractivity contribution >= 4 is 16.5 Å². The van der Waals surface area contributed by atoms with Crippen LogP contribution in [0, 0.1) is 0 Å². The number of benzene rings is 1. The number of hydrogen-bond donors (Lipinski definition) is 1. The first-order valence-corrected chi connectivity index (χ1v) is 8.03. The molecule has 1 aromatic heterocycles. The number of aliphatic hydroxyl groups is 1. The predicted molar refractivity (Wildman–Crippen MR) is 84.8 cm³/mol. The average Bonchev–Trinajstić information content (AvgIpc) is 2.79. The van der Waals surface area contributed by atoms with E-state index < -0.39 is 0 Å². The smallest absolute Gasteiger partial charge is 0.185 e. The molecule has 5 heteroatoms. The maximum atomic E-state index is 9.45. The van der Waals surface area contributed by atoms with E-state index in [1.165, 1.54) is 11.1 Å². The van der Waals surface area contributed by atoms with Crippen molar-refractivity contribution in [1.29, 1.82) is 0 Å². The van der Waals surface area contributed by atoms with E-state index in [1.807, 2.05) is 0 Å². The van der Waals surface area contributed by atoms with E-state index in [-0.39, 0.29) is 6.61 Å². The van der Waals surface area contributed by atoms with Crippen LogP contribution in [0.15, 0.2) is 24.3 Å². The van der Waals surface area contributed by atoms with Crippen LogP contribution in [-0.2, 0) is 30.8 Å². The number of rotatable bonds is 4. The van der Waals surface area contributed by atoms with Crippen molar-refractivity contribution in [3.8, 4) is 0 Å². The molecule has 1 aliphatic rings. The van der Waals surface area contributed by atoms with Gasteiger partial charge in [-0.1, -0.05) is 35.6 Å². The first-order valence-electron chi connectivity index (χ1n) is 7.22. The Hall–Kier alpha value is -1.43. The van der Waals surface area contributed by atoms with E-state index in [4.69, 9.17) is 4.74 Å². The van der Waals surface area contributed by atoms with Gasteiger partial charge in [0.25, 0.3) is 0 Å². The lowest BCUT2D eigenvalue weighted by atomic mass is 10.0. The standard InChI is InChI=1S/C16H20N2O2S/c1-20-11-14-15(10-19)21-16(17-14)18-8-6-12-4-2-3-5-13(12)7-9-18/h2-5,19H,6-11H2,1H3. The first kappa shape index (κ1) is 14.5. The van der Waals surface area contributed by atoms with Gasteiger partial charge in [0.1, 0.15) is 0 Å². The summed E-state index contributed by atoms with van der Waals surface area (Å²) >= 11 is 1.58. The topological polar surface area (TPSA) is 45.6 Å². The molecular formula is C16H20N2O2S. The molecule has 112 valence electrons. The van der Waals surface area contributed by atoms with Crippen LogP contribution < -0.4 is 4.90 Å². The van der Waals surface area contributed by atoms with Gasteiger partial charge in [0.2, 0.25) is 0 Å². The maximum absolute atomic E-state index is 9.45. The Labute approximate surface area is 129 Å². The van der Waals surface area contributed by atoms with Gasteiger partial charge in [-0.15, -0.1) is 0 Å². The number of methoxy groups -OCH3 is 1. The van der Waals surface area contributed by atoms with Crippen LogP contribution in [0.5, 0.6) is 0 Å². The highest BCUT2D eigenvalue weighted by atomic mass is 32.1. The molecule has 3 rings (SSSR count). The lowest BCUT2D eigenvalue weighted by molar-refractivity contribution is 0.179. The molecule has 0 fully saturated rings. The van der Waals surface area contributed by atoms with Gasteiger partial charge >= 0.3 is 0 Å². The summed E-state index contributed by atoms with van der Waals surface area (Å²) in [5.41, 5.74) is 3.74. The Morgan fingerprint density at radius 1 is 1.24 bits per heavy atom. The minimum Gasteiger partial charge on any atom is -0.391 e. The molecule has 0 spiro atoms. The van der Waals surface area contributed by atoms with Gasteiger partial charge in [-0.2, -0.15) is 0 Å². The van der Waals surface area contributed by atoms with E-state index in [0.29, 0.717) is 6.61 Å². The normalized spacial score (nSPS) is 14.9. The molecule has 1 N–H and O–H groups in total. The molecule has 0 saturated carbocycles. The molecule has 4 nitrogen and oxygen atoms in total. The molecule has 0 bridgehead atoms. The van der Waals surface area contributed by atoms with E-state index in [1.54, 1.807) is 18.4 Å². The largest absolute Gasteiger partial charge is 0.391 e. The Bertz CT molecular complexity index is 585. The van der Waals surface area contributed by atoms with Crippen molar-refractivity contribution in [2.24, 2.45) is 0 Å². The third kappa shape index (κ3) is 3.10. The fourth-order valence-electron chi connectivity index (χ4n) is 2.74. The van der Waals surface area contributed by atoms with Gasteiger partial charge in [0, 0.05) is 20.2 Å². The highest BCUT2D eigenvalue weighted by molar-refractivity contribution is 7.15. The van der Waals surface area contributed by atoms with Crippen LogP contribution in [0.2, 0.25) is 0 Å². The number of nitrogens with zero attached hydrogens (tertiary/aromatic N) is 2. The summed E-state index contributed by atoms with van der Waals surface area (Å²) in [6.07, 6.45) is 2.09. The second-order valence-electron chi connectivity index (χ2n) is 5.21. The predicted octanol–water partition coefficient (Wildman–Crippen LogP) is 2.39. The van der Waals surface area contributed by atoms with Crippen LogP contribution in [0.3, 0.4) is 0 Å². The van der Waals surface area contributed by atoms with E-state index in [0.717, 1.165) is 41.6 Å². The number of ether oxygens (including phenoxy) is 1. The Morgan fingerprint density at radius 2 is 1.90 bits per heavy atom. The van der Waals surface area contributed by atoms with Crippen molar-refractivity contribution in [2.45, 2.75) is 26.1 Å². The molecule has 0 radical (unpaired) electrons. The van der Waals surface area contributed by atoms with E-state index in [9.17, 15) is 5.11 Å². The third-order valence-electron chi connectivity index (χ3n) is 3.88. The minimum atomic E-state index is 0.0322. The van der Waals surface area contributed by atoms with Gasteiger partial charge in [-0.05, 0) is 24.0 Å². The van der Waals surface area contributed by atoms with Gasteiger partial charge in [-0.3, -0.25) is 0 Å². The van der Waals surface area contributed by atoms with Gasteiger partial charge in [-0.25, -0.2) is 4.98 Å². The van der Waals surface area contributed by atoms with E-state index >= 15 is 0 Å². The average molecular weight is 304 g/mol. The lowest BCUT2D eigenvalue weighted by Gasteiger charge is -2.18. The number of fused-ring (bicyclic) bond motifs is 1. The van der Waals surface area contributed by atoms with Crippen molar-refractivity contribution in [3.05, 3.63) is 46.0 Å². The molecule has 0 unspecified atom stereocenters. The molecule has 1 aromatic carbocycles. The van der Waals surface area contributed by atoms with Gasteiger partial charge in [0.05, 0.1) is 23.8 Å². The maximum Gasteiger partial charge on any atom is 0.185 e. The second-order valence-corrected chi connectivity index (χ2v) is 6.28. The summed E-state index contributed by atoms with van der Waals surface area (Å²) in [7, 11) is 1.66. The van der Waals surface area contributed by atoms with Gasteiger partial charge < -0.3 is 14.7 Å². The van der Waals surface area contributed by atoms with Crippen LogP contribution >= 0.6 is 11.3 Å². The fourth-order valence-corrected chi connectivity index (χ4v) is 3.71. The highest BCUT2D eigenvalue weighted by Gasteiger charge is 2.19. The Kier molecular flexibility index (Phi) is 4.53. The summed E-state index contributed by atoms with van der Waals surface area (Å²) in [5.74, 6) is 0. The summed E-state index contributed by atoms with van der Waals surface area (Å²) in [6.45, 7) is 2.44. The second kappa shape index (κ2) is 6.56. The van der Waals surface area contributed by atoms with Crippen molar-refractivity contribution in [2.75, 3.05) is 25.1 Å². The number of aromatic nitrogens is 1. The monoisotopic (exact) mass is 304 g/mol. The molecule has 0 amide bonds. The zero-order valence-electron chi connectivity index (χ0n) is 12.2. The zero-order chi connectivity index (χ0) is 14.7. The minimum absolute atomic E-state index is 0.0322. The van der Waals surface area contributed by atoms with Gasteiger partial charge in [0.15, 0.2) is 5.13 Å². The Balaban J connectivity index is 1.79. The first-order chi connectivity index (χ1) is 10.3. The van der Waals surface area contributed by atoms with Crippen LogP contribution in [0.1, 0.15) is 21.7 Å². The molecule has 21 heavy (non-hydrogen) atoms. The number of anilines is 1. The molecule has 1 aliphatic heterocycles. The number of aliphatic hydroxyl groups excluding tert-OH is 1. The summed E-state index contributed by atoms with van der Waals surface area (Å²) in [6, 6.07) is 8.66. The Morgan fingerprint density at radius 3 is 2.48 bits per heavy atom. The summed E-state index contributed by atoms with van der Waals surface area (Å²) < 4.78 is 5.16. The van der Waals surface area contributed by atoms with Crippen molar-refractivity contribution in [3.63, 3.8) is 0 Å². The SMILES string of the molecule is COCc1nc(N2CCc3ccccc3CC2)sc1CO. The summed E-state index contributed by atoms with van der Waals surface area (Å²) in [4.78, 5) is 7.89. The molecule has 2 aromatic rings. The summed E-state index contributed by atoms with van der Waals surface area (Å²) in [5, 5.41) is 10.4. The molecule has 0 saturated heterocycles. The van der Waals surface area contributed by atoms with E-state index in [2.05, 4.69) is 34.1 Å². The number of thiazole rings is 1. The quantitative estimate of drug-likeness (QED) is 0.942. The van der Waals surface area contributed by atoms with Crippen LogP contribution in [0.4, 0.5) is 5.13 Å². The zero-order valence-corrected chi connectivity index (χ0v) is 13.0. The van der Waals surface area contributed by atoms with Crippen LogP contribution in [-0.4, -0.2) is 30.3 Å².